The van der Waals surface area contributed by atoms with Gasteiger partial charge in [0.25, 0.3) is 0 Å². The van der Waals surface area contributed by atoms with Crippen molar-refractivity contribution in [3.63, 3.8) is 0 Å². The van der Waals surface area contributed by atoms with E-state index in [-0.39, 0.29) is 23.9 Å². The van der Waals surface area contributed by atoms with E-state index >= 15 is 0 Å². The van der Waals surface area contributed by atoms with Gasteiger partial charge in [0, 0.05) is 52.2 Å². The van der Waals surface area contributed by atoms with Gasteiger partial charge in [0.2, 0.25) is 5.91 Å². The predicted octanol–water partition coefficient (Wildman–Crippen LogP) is 3.36. The number of hydrogen-bond acceptors (Lipinski definition) is 3. The van der Waals surface area contributed by atoms with Crippen LogP contribution in [-0.2, 0) is 17.8 Å². The second-order valence-corrected chi connectivity index (χ2v) is 9.94. The molecule has 3 rings (SSSR count). The van der Waals surface area contributed by atoms with Gasteiger partial charge in [-0.3, -0.25) is 9.69 Å². The Kier molecular flexibility index (Phi) is 8.35. The lowest BCUT2D eigenvalue weighted by atomic mass is 9.95. The summed E-state index contributed by atoms with van der Waals surface area (Å²) in [6.07, 6.45) is 4.80. The average Bonchev–Trinajstić information content (AvgIpc) is 2.74. The summed E-state index contributed by atoms with van der Waals surface area (Å²) in [4.78, 5) is 30.8. The van der Waals surface area contributed by atoms with Crippen LogP contribution in [0.2, 0.25) is 0 Å². The van der Waals surface area contributed by atoms with Gasteiger partial charge in [-0.25, -0.2) is 4.79 Å². The maximum atomic E-state index is 12.8. The molecule has 2 saturated heterocycles. The second kappa shape index (κ2) is 11.0. The number of amides is 3. The molecular formula is C25H40N4O2. The molecule has 2 heterocycles. The summed E-state index contributed by atoms with van der Waals surface area (Å²) in [5, 5.41) is 3.31. The Bertz CT molecular complexity index is 724. The van der Waals surface area contributed by atoms with Crippen LogP contribution in [0.1, 0.15) is 50.7 Å². The van der Waals surface area contributed by atoms with E-state index < -0.39 is 0 Å². The van der Waals surface area contributed by atoms with Crippen LogP contribution in [0.5, 0.6) is 0 Å². The minimum Gasteiger partial charge on any atom is -0.352 e. The second-order valence-electron chi connectivity index (χ2n) is 9.94. The first kappa shape index (κ1) is 23.6. The smallest absolute Gasteiger partial charge is 0.319 e. The fraction of sp³-hybridized carbons (Fsp3) is 0.680. The normalized spacial score (nSPS) is 20.7. The molecule has 2 fully saturated rings. The van der Waals surface area contributed by atoms with E-state index in [1.165, 1.54) is 11.1 Å². The molecule has 31 heavy (non-hydrogen) atoms. The van der Waals surface area contributed by atoms with Crippen molar-refractivity contribution in [1.29, 1.82) is 0 Å². The lowest BCUT2D eigenvalue weighted by Crippen LogP contribution is -2.51. The Morgan fingerprint density at radius 3 is 2.29 bits per heavy atom. The van der Waals surface area contributed by atoms with Crippen LogP contribution in [0.3, 0.4) is 0 Å². The summed E-state index contributed by atoms with van der Waals surface area (Å²) in [5.74, 6) is 0.870. The lowest BCUT2D eigenvalue weighted by Gasteiger charge is -2.36. The first-order valence-corrected chi connectivity index (χ1v) is 11.9. The Balaban J connectivity index is 1.44. The van der Waals surface area contributed by atoms with Gasteiger partial charge in [-0.1, -0.05) is 38.1 Å². The van der Waals surface area contributed by atoms with Gasteiger partial charge >= 0.3 is 6.03 Å². The maximum absolute atomic E-state index is 12.8. The molecule has 0 bridgehead atoms. The largest absolute Gasteiger partial charge is 0.352 e. The molecule has 1 atom stereocenters. The molecule has 2 aliphatic heterocycles. The highest BCUT2D eigenvalue weighted by atomic mass is 16.2. The Morgan fingerprint density at radius 2 is 1.68 bits per heavy atom. The summed E-state index contributed by atoms with van der Waals surface area (Å²) in [6.45, 7) is 8.78. The molecule has 6 nitrogen and oxygen atoms in total. The van der Waals surface area contributed by atoms with E-state index in [0.29, 0.717) is 19.0 Å². The van der Waals surface area contributed by atoms with Gasteiger partial charge in [0.05, 0.1) is 0 Å². The molecule has 1 aromatic rings. The maximum Gasteiger partial charge on any atom is 0.319 e. The molecule has 0 aliphatic carbocycles. The van der Waals surface area contributed by atoms with E-state index in [4.69, 9.17) is 0 Å². The zero-order valence-electron chi connectivity index (χ0n) is 19.8. The van der Waals surface area contributed by atoms with E-state index in [2.05, 4.69) is 48.3 Å². The van der Waals surface area contributed by atoms with Gasteiger partial charge in [0.1, 0.15) is 0 Å². The lowest BCUT2D eigenvalue weighted by molar-refractivity contribution is -0.127. The summed E-state index contributed by atoms with van der Waals surface area (Å²) in [6, 6.07) is 9.28. The molecule has 1 N–H and O–H groups in total. The van der Waals surface area contributed by atoms with E-state index in [1.807, 2.05) is 4.90 Å². The van der Waals surface area contributed by atoms with Crippen molar-refractivity contribution in [3.8, 4) is 0 Å². The Labute approximate surface area is 188 Å². The molecule has 0 spiro atoms. The van der Waals surface area contributed by atoms with Gasteiger partial charge in [0.15, 0.2) is 0 Å². The van der Waals surface area contributed by atoms with Crippen LogP contribution in [0.15, 0.2) is 24.3 Å². The fourth-order valence-electron chi connectivity index (χ4n) is 4.76. The topological polar surface area (TPSA) is 55.9 Å². The van der Waals surface area contributed by atoms with Crippen molar-refractivity contribution in [1.82, 2.24) is 20.0 Å². The quantitative estimate of drug-likeness (QED) is 0.756. The monoisotopic (exact) mass is 428 g/mol. The summed E-state index contributed by atoms with van der Waals surface area (Å²) in [7, 11) is 3.55. The number of carbonyl (C=O) groups is 2. The fourth-order valence-corrected chi connectivity index (χ4v) is 4.76. The van der Waals surface area contributed by atoms with Gasteiger partial charge in [-0.05, 0) is 55.7 Å². The zero-order chi connectivity index (χ0) is 22.4. The average molecular weight is 429 g/mol. The third-order valence-corrected chi connectivity index (χ3v) is 6.44. The molecule has 0 saturated carbocycles. The number of nitrogens with zero attached hydrogens (tertiary/aromatic N) is 3. The van der Waals surface area contributed by atoms with Crippen LogP contribution < -0.4 is 5.32 Å². The number of benzene rings is 1. The van der Waals surface area contributed by atoms with Crippen molar-refractivity contribution < 1.29 is 9.59 Å². The molecule has 6 heteroatoms. The molecule has 1 unspecified atom stereocenters. The van der Waals surface area contributed by atoms with Crippen LogP contribution in [0.25, 0.3) is 0 Å². The molecule has 172 valence electrons. The third-order valence-electron chi connectivity index (χ3n) is 6.44. The first-order valence-electron chi connectivity index (χ1n) is 11.9. The molecule has 0 aromatic heterocycles. The number of likely N-dealkylation sites (tertiary alicyclic amines) is 2. The minimum atomic E-state index is 0.0232. The van der Waals surface area contributed by atoms with Crippen LogP contribution in [0.4, 0.5) is 4.79 Å². The van der Waals surface area contributed by atoms with Crippen molar-refractivity contribution in [2.75, 3.05) is 40.3 Å². The number of hydrogen-bond donors (Lipinski definition) is 1. The highest BCUT2D eigenvalue weighted by molar-refractivity contribution is 5.80. The Hall–Kier alpha value is -2.08. The molecule has 2 aliphatic rings. The number of nitrogens with one attached hydrogen (secondary N) is 1. The van der Waals surface area contributed by atoms with E-state index in [9.17, 15) is 9.59 Å². The van der Waals surface area contributed by atoms with E-state index in [0.717, 1.165) is 51.7 Å². The van der Waals surface area contributed by atoms with Crippen molar-refractivity contribution in [3.05, 3.63) is 35.4 Å². The summed E-state index contributed by atoms with van der Waals surface area (Å²) < 4.78 is 0. The zero-order valence-corrected chi connectivity index (χ0v) is 19.8. The first-order chi connectivity index (χ1) is 14.8. The summed E-state index contributed by atoms with van der Waals surface area (Å²) in [5.41, 5.74) is 2.75. The molecule has 0 radical (unpaired) electrons. The van der Waals surface area contributed by atoms with Crippen LogP contribution in [-0.4, -0.2) is 73.0 Å². The van der Waals surface area contributed by atoms with Crippen LogP contribution in [0, 0.1) is 11.8 Å². The van der Waals surface area contributed by atoms with Crippen molar-refractivity contribution >= 4 is 11.9 Å². The standard InChI is InChI=1S/C25H40N4O2/c1-19(2)16-20-7-9-21(10-8-20)17-28-13-5-6-23(18-28)26-24(30)22-11-14-29(15-12-22)25(31)27(3)4/h7-10,19,22-23H,5-6,11-18H2,1-4H3,(H,26,30). The number of carbonyl (C=O) groups excluding carboxylic acids is 2. The van der Waals surface area contributed by atoms with Crippen molar-refractivity contribution in [2.45, 2.75) is 58.5 Å². The molecule has 1 aromatic carbocycles. The highest BCUT2D eigenvalue weighted by Gasteiger charge is 2.30. The number of urea groups is 1. The number of piperidine rings is 2. The van der Waals surface area contributed by atoms with Crippen LogP contribution >= 0.6 is 0 Å². The summed E-state index contributed by atoms with van der Waals surface area (Å²) >= 11 is 0. The van der Waals surface area contributed by atoms with Gasteiger partial charge < -0.3 is 15.1 Å². The molecule has 3 amide bonds. The number of rotatable bonds is 6. The minimum absolute atomic E-state index is 0.0232. The van der Waals surface area contributed by atoms with Gasteiger partial charge in [-0.2, -0.15) is 0 Å². The van der Waals surface area contributed by atoms with Crippen molar-refractivity contribution in [2.24, 2.45) is 11.8 Å². The molecular weight excluding hydrogens is 388 g/mol. The van der Waals surface area contributed by atoms with E-state index in [1.54, 1.807) is 19.0 Å². The Morgan fingerprint density at radius 1 is 1.03 bits per heavy atom. The SMILES string of the molecule is CC(C)Cc1ccc(CN2CCCC(NC(=O)C3CCN(C(=O)N(C)C)CC3)C2)cc1. The third kappa shape index (κ3) is 6.96. The van der Waals surface area contributed by atoms with Gasteiger partial charge in [-0.15, -0.1) is 0 Å². The highest BCUT2D eigenvalue weighted by Crippen LogP contribution is 2.20. The predicted molar refractivity (Wildman–Crippen MR) is 125 cm³/mol.